The lowest BCUT2D eigenvalue weighted by Crippen LogP contribution is -2.22. The fourth-order valence-electron chi connectivity index (χ4n) is 1.20. The molecule has 9 heteroatoms. The third-order valence-electron chi connectivity index (χ3n) is 2.88. The van der Waals surface area contributed by atoms with Gasteiger partial charge in [0, 0.05) is 35.2 Å². The van der Waals surface area contributed by atoms with E-state index in [4.69, 9.17) is 4.74 Å². The summed E-state index contributed by atoms with van der Waals surface area (Å²) in [4.78, 5) is 34.8. The Labute approximate surface area is 147 Å². The summed E-state index contributed by atoms with van der Waals surface area (Å²) >= 11 is 0. The standard InChI is InChI=1S/C10H13NO2.C6H12N4O2/c1-7-4-5-9(6-8(7)2)13-10(12)11-3;1-9(2)5(11)7-8-6(12)10(3)4/h4-6H,1-3H3,(H,11,12);1-4H3. The molecule has 1 aromatic carbocycles. The van der Waals surface area contributed by atoms with E-state index in [9.17, 15) is 14.4 Å². The minimum atomic E-state index is -0.551. The average Bonchev–Trinajstić information content (AvgIpc) is 2.55. The minimum Gasteiger partial charge on any atom is -0.410 e. The smallest absolute Gasteiger partial charge is 0.410 e. The second-order valence-electron chi connectivity index (χ2n) is 5.44. The summed E-state index contributed by atoms with van der Waals surface area (Å²) in [6, 6.07) is 4.44. The minimum absolute atomic E-state index is 0.441. The molecule has 0 heterocycles. The van der Waals surface area contributed by atoms with Gasteiger partial charge in [-0.25, -0.2) is 14.4 Å². The Bertz CT molecular complexity index is 619. The summed E-state index contributed by atoms with van der Waals surface area (Å²) in [6.45, 7) is 3.99. The highest BCUT2D eigenvalue weighted by Gasteiger charge is 2.04. The van der Waals surface area contributed by atoms with Crippen LogP contribution in [0.3, 0.4) is 0 Å². The van der Waals surface area contributed by atoms with E-state index in [1.807, 2.05) is 26.0 Å². The Hall–Kier alpha value is -2.97. The number of hydrogen-bond donors (Lipinski definition) is 1. The van der Waals surface area contributed by atoms with E-state index in [1.165, 1.54) is 50.6 Å². The van der Waals surface area contributed by atoms with Gasteiger partial charge in [-0.1, -0.05) is 16.3 Å². The van der Waals surface area contributed by atoms with Crippen molar-refractivity contribution >= 4 is 18.2 Å². The van der Waals surface area contributed by atoms with Crippen molar-refractivity contribution in [2.75, 3.05) is 35.2 Å². The number of hydrogen-bond acceptors (Lipinski definition) is 4. The van der Waals surface area contributed by atoms with Crippen LogP contribution >= 0.6 is 0 Å². The molecule has 5 amide bonds. The molecule has 0 aliphatic rings. The Morgan fingerprint density at radius 3 is 1.76 bits per heavy atom. The second kappa shape index (κ2) is 10.7. The highest BCUT2D eigenvalue weighted by molar-refractivity contribution is 5.79. The molecule has 0 aromatic heterocycles. The maximum absolute atomic E-state index is 10.8. The molecular formula is C16H25N5O4. The summed E-state index contributed by atoms with van der Waals surface area (Å²) in [5.41, 5.74) is 2.30. The molecule has 0 fully saturated rings. The molecule has 0 aliphatic carbocycles. The summed E-state index contributed by atoms with van der Waals surface area (Å²) in [7, 11) is 7.65. The fraction of sp³-hybridized carbons (Fsp3) is 0.438. The number of nitrogens with one attached hydrogen (secondary N) is 1. The van der Waals surface area contributed by atoms with Crippen molar-refractivity contribution in [3.05, 3.63) is 29.3 Å². The SMILES string of the molecule is CN(C)C(=O)N=NC(=O)N(C)C.CNC(=O)Oc1ccc(C)c(C)c1. The normalized spacial score (nSPS) is 9.72. The number of ether oxygens (including phenoxy) is 1. The lowest BCUT2D eigenvalue weighted by Gasteiger charge is -2.05. The van der Waals surface area contributed by atoms with E-state index in [0.29, 0.717) is 5.75 Å². The van der Waals surface area contributed by atoms with Crippen LogP contribution in [-0.2, 0) is 0 Å². The first kappa shape index (κ1) is 22.0. The molecule has 1 N–H and O–H groups in total. The number of carbonyl (C=O) groups excluding carboxylic acids is 3. The van der Waals surface area contributed by atoms with E-state index in [0.717, 1.165) is 5.56 Å². The van der Waals surface area contributed by atoms with E-state index in [2.05, 4.69) is 15.5 Å². The van der Waals surface area contributed by atoms with Gasteiger partial charge in [-0.05, 0) is 37.1 Å². The van der Waals surface area contributed by atoms with Gasteiger partial charge in [0.15, 0.2) is 0 Å². The van der Waals surface area contributed by atoms with Gasteiger partial charge in [-0.15, -0.1) is 0 Å². The van der Waals surface area contributed by atoms with Crippen molar-refractivity contribution in [1.29, 1.82) is 0 Å². The monoisotopic (exact) mass is 351 g/mol. The molecule has 1 rings (SSSR count). The third kappa shape index (κ3) is 9.04. The van der Waals surface area contributed by atoms with Gasteiger partial charge in [0.25, 0.3) is 0 Å². The van der Waals surface area contributed by atoms with Crippen molar-refractivity contribution < 1.29 is 19.1 Å². The molecule has 0 saturated carbocycles. The molecule has 0 aliphatic heterocycles. The van der Waals surface area contributed by atoms with Crippen LogP contribution in [0.1, 0.15) is 11.1 Å². The van der Waals surface area contributed by atoms with Crippen LogP contribution in [0.15, 0.2) is 28.4 Å². The summed E-state index contributed by atoms with van der Waals surface area (Å²) in [5.74, 6) is 0.572. The molecular weight excluding hydrogens is 326 g/mol. The van der Waals surface area contributed by atoms with E-state index < -0.39 is 18.2 Å². The lowest BCUT2D eigenvalue weighted by atomic mass is 10.1. The van der Waals surface area contributed by atoms with Crippen LogP contribution < -0.4 is 10.1 Å². The highest BCUT2D eigenvalue weighted by Crippen LogP contribution is 2.16. The van der Waals surface area contributed by atoms with Gasteiger partial charge in [0.05, 0.1) is 0 Å². The molecule has 0 unspecified atom stereocenters. The Morgan fingerprint density at radius 2 is 1.40 bits per heavy atom. The largest absolute Gasteiger partial charge is 0.412 e. The Balaban J connectivity index is 0.000000463. The topological polar surface area (TPSA) is 104 Å². The molecule has 0 spiro atoms. The predicted octanol–water partition coefficient (Wildman–Crippen LogP) is 2.82. The molecule has 1 aromatic rings. The van der Waals surface area contributed by atoms with E-state index >= 15 is 0 Å². The van der Waals surface area contributed by atoms with Crippen LogP contribution in [0.25, 0.3) is 0 Å². The van der Waals surface area contributed by atoms with Crippen molar-refractivity contribution in [3.63, 3.8) is 0 Å². The molecule has 0 atom stereocenters. The zero-order valence-electron chi connectivity index (χ0n) is 15.7. The first-order chi connectivity index (χ1) is 11.6. The molecule has 9 nitrogen and oxygen atoms in total. The third-order valence-corrected chi connectivity index (χ3v) is 2.88. The van der Waals surface area contributed by atoms with Gasteiger partial charge < -0.3 is 19.9 Å². The zero-order valence-corrected chi connectivity index (χ0v) is 15.7. The number of amides is 5. The van der Waals surface area contributed by atoms with Crippen LogP contribution in [0.4, 0.5) is 14.4 Å². The molecule has 25 heavy (non-hydrogen) atoms. The lowest BCUT2D eigenvalue weighted by molar-refractivity contribution is 0.203. The summed E-state index contributed by atoms with van der Waals surface area (Å²) in [5, 5.41) is 8.72. The van der Waals surface area contributed by atoms with E-state index in [1.54, 1.807) is 6.07 Å². The second-order valence-corrected chi connectivity index (χ2v) is 5.44. The van der Waals surface area contributed by atoms with Crippen molar-refractivity contribution in [1.82, 2.24) is 15.1 Å². The maximum Gasteiger partial charge on any atom is 0.412 e. The predicted molar refractivity (Wildman–Crippen MR) is 94.0 cm³/mol. The highest BCUT2D eigenvalue weighted by atomic mass is 16.5. The molecule has 0 radical (unpaired) electrons. The van der Waals surface area contributed by atoms with Crippen LogP contribution in [0, 0.1) is 13.8 Å². The van der Waals surface area contributed by atoms with Crippen molar-refractivity contribution in [2.24, 2.45) is 10.2 Å². The molecule has 138 valence electrons. The van der Waals surface area contributed by atoms with Gasteiger partial charge >= 0.3 is 18.2 Å². The fourth-order valence-corrected chi connectivity index (χ4v) is 1.20. The zero-order chi connectivity index (χ0) is 19.6. The quantitative estimate of drug-likeness (QED) is 0.786. The van der Waals surface area contributed by atoms with E-state index in [-0.39, 0.29) is 0 Å². The van der Waals surface area contributed by atoms with Crippen LogP contribution in [0.5, 0.6) is 5.75 Å². The first-order valence-corrected chi connectivity index (χ1v) is 7.39. The van der Waals surface area contributed by atoms with Crippen LogP contribution in [0.2, 0.25) is 0 Å². The van der Waals surface area contributed by atoms with Crippen molar-refractivity contribution in [3.8, 4) is 5.75 Å². The average molecular weight is 351 g/mol. The summed E-state index contributed by atoms with van der Waals surface area (Å²) < 4.78 is 4.95. The number of aryl methyl sites for hydroxylation is 2. The van der Waals surface area contributed by atoms with Gasteiger partial charge in [0.1, 0.15) is 5.75 Å². The van der Waals surface area contributed by atoms with Gasteiger partial charge in [0.2, 0.25) is 0 Å². The molecule has 0 bridgehead atoms. The molecule has 0 saturated heterocycles. The number of benzene rings is 1. The summed E-state index contributed by atoms with van der Waals surface area (Å²) in [6.07, 6.45) is -0.441. The maximum atomic E-state index is 10.8. The number of azo groups is 1. The van der Waals surface area contributed by atoms with Gasteiger partial charge in [-0.2, -0.15) is 0 Å². The van der Waals surface area contributed by atoms with Crippen molar-refractivity contribution in [2.45, 2.75) is 13.8 Å². The number of urea groups is 2. The Kier molecular flexibility index (Phi) is 9.46. The number of carbonyl (C=O) groups is 3. The van der Waals surface area contributed by atoms with Crippen LogP contribution in [-0.4, -0.2) is 63.2 Å². The number of nitrogens with zero attached hydrogens (tertiary/aromatic N) is 4. The number of rotatable bonds is 1. The Morgan fingerprint density at radius 1 is 0.920 bits per heavy atom. The van der Waals surface area contributed by atoms with Gasteiger partial charge in [-0.3, -0.25) is 0 Å². The first-order valence-electron chi connectivity index (χ1n) is 7.39.